The highest BCUT2D eigenvalue weighted by atomic mass is 19.4. The number of aryl methyl sites for hydroxylation is 1. The molecule has 0 radical (unpaired) electrons. The first kappa shape index (κ1) is 21.8. The largest absolute Gasteiger partial charge is 0.416 e. The van der Waals surface area contributed by atoms with Crippen molar-refractivity contribution in [2.24, 2.45) is 5.41 Å². The topological polar surface area (TPSA) is 66.9 Å². The van der Waals surface area contributed by atoms with Gasteiger partial charge in [-0.05, 0) is 54.7 Å². The second-order valence-corrected chi connectivity index (χ2v) is 8.86. The van der Waals surface area contributed by atoms with E-state index in [9.17, 15) is 18.0 Å². The standard InChI is InChI=1S/C24H23F3N4O/c1-14-6-4-8-16(10-14)29-22-30-18-12-23(2,3)13-19(32)20(18)21(31-22)28-17-9-5-7-15(11-17)24(25,26)27/h4-11H,12-13H2,1-3H3,(H2,28,29,30,31). The Labute approximate surface area is 184 Å². The molecule has 0 amide bonds. The van der Waals surface area contributed by atoms with E-state index in [0.29, 0.717) is 24.1 Å². The Balaban J connectivity index is 1.77. The van der Waals surface area contributed by atoms with Crippen molar-refractivity contribution in [2.45, 2.75) is 39.8 Å². The summed E-state index contributed by atoms with van der Waals surface area (Å²) in [6.45, 7) is 5.94. The second kappa shape index (κ2) is 7.93. The summed E-state index contributed by atoms with van der Waals surface area (Å²) in [5, 5.41) is 6.07. The van der Waals surface area contributed by atoms with E-state index in [2.05, 4.69) is 20.6 Å². The smallest absolute Gasteiger partial charge is 0.339 e. The molecule has 3 aromatic rings. The van der Waals surface area contributed by atoms with Crippen LogP contribution in [0.2, 0.25) is 0 Å². The van der Waals surface area contributed by atoms with Crippen LogP contribution in [0.1, 0.15) is 47.4 Å². The summed E-state index contributed by atoms with van der Waals surface area (Å²) in [7, 11) is 0. The van der Waals surface area contributed by atoms with E-state index in [1.807, 2.05) is 45.0 Å². The van der Waals surface area contributed by atoms with Gasteiger partial charge in [-0.2, -0.15) is 18.2 Å². The van der Waals surface area contributed by atoms with Gasteiger partial charge in [0.15, 0.2) is 5.78 Å². The van der Waals surface area contributed by atoms with E-state index in [4.69, 9.17) is 0 Å². The quantitative estimate of drug-likeness (QED) is 0.488. The lowest BCUT2D eigenvalue weighted by molar-refractivity contribution is -0.137. The summed E-state index contributed by atoms with van der Waals surface area (Å²) in [5.41, 5.74) is 1.87. The number of rotatable bonds is 4. The normalized spacial score (nSPS) is 15.2. The lowest BCUT2D eigenvalue weighted by Crippen LogP contribution is -2.29. The van der Waals surface area contributed by atoms with Gasteiger partial charge in [0.2, 0.25) is 5.95 Å². The van der Waals surface area contributed by atoms with Crippen LogP contribution in [0.4, 0.5) is 36.3 Å². The van der Waals surface area contributed by atoms with Crippen molar-refractivity contribution in [1.29, 1.82) is 0 Å². The van der Waals surface area contributed by atoms with Crippen molar-refractivity contribution in [3.8, 4) is 0 Å². The third-order valence-electron chi connectivity index (χ3n) is 5.27. The first-order valence-electron chi connectivity index (χ1n) is 10.2. The molecule has 166 valence electrons. The zero-order valence-corrected chi connectivity index (χ0v) is 18.0. The third kappa shape index (κ3) is 4.74. The molecule has 8 heteroatoms. The molecule has 2 N–H and O–H groups in total. The van der Waals surface area contributed by atoms with Gasteiger partial charge in [-0.3, -0.25) is 4.79 Å². The number of ketones is 1. The SMILES string of the molecule is Cc1cccc(Nc2nc3c(c(Nc4cccc(C(F)(F)F)c4)n2)C(=O)CC(C)(C)C3)c1. The molecule has 0 fully saturated rings. The predicted molar refractivity (Wildman–Crippen MR) is 118 cm³/mol. The molecule has 1 aromatic heterocycles. The van der Waals surface area contributed by atoms with Crippen molar-refractivity contribution < 1.29 is 18.0 Å². The number of hydrogen-bond donors (Lipinski definition) is 2. The molecule has 1 heterocycles. The van der Waals surface area contributed by atoms with Crippen LogP contribution in [-0.2, 0) is 12.6 Å². The number of anilines is 4. The number of carbonyl (C=O) groups is 1. The Hall–Kier alpha value is -3.42. The maximum absolute atomic E-state index is 13.1. The minimum absolute atomic E-state index is 0.132. The van der Waals surface area contributed by atoms with Crippen molar-refractivity contribution >= 4 is 28.9 Å². The Morgan fingerprint density at radius 1 is 0.938 bits per heavy atom. The number of hydrogen-bond acceptors (Lipinski definition) is 5. The molecule has 0 saturated heterocycles. The number of aromatic nitrogens is 2. The van der Waals surface area contributed by atoms with Crippen LogP contribution in [0.3, 0.4) is 0 Å². The van der Waals surface area contributed by atoms with Crippen molar-refractivity contribution in [3.05, 3.63) is 70.9 Å². The van der Waals surface area contributed by atoms with Gasteiger partial charge in [0.05, 0.1) is 16.8 Å². The van der Waals surface area contributed by atoms with Gasteiger partial charge in [0.1, 0.15) is 5.82 Å². The zero-order valence-electron chi connectivity index (χ0n) is 18.0. The van der Waals surface area contributed by atoms with Gasteiger partial charge >= 0.3 is 6.18 Å². The number of carbonyl (C=O) groups excluding carboxylic acids is 1. The summed E-state index contributed by atoms with van der Waals surface area (Å²) in [4.78, 5) is 22.0. The van der Waals surface area contributed by atoms with E-state index in [0.717, 1.165) is 23.4 Å². The van der Waals surface area contributed by atoms with E-state index >= 15 is 0 Å². The van der Waals surface area contributed by atoms with Crippen LogP contribution in [0.15, 0.2) is 48.5 Å². The summed E-state index contributed by atoms with van der Waals surface area (Å²) >= 11 is 0. The third-order valence-corrected chi connectivity index (χ3v) is 5.27. The predicted octanol–water partition coefficient (Wildman–Crippen LogP) is 6.45. The Kier molecular flexibility index (Phi) is 5.40. The van der Waals surface area contributed by atoms with Crippen LogP contribution in [0.25, 0.3) is 0 Å². The van der Waals surface area contributed by atoms with Gasteiger partial charge in [-0.1, -0.05) is 32.0 Å². The molecular weight excluding hydrogens is 417 g/mol. The summed E-state index contributed by atoms with van der Waals surface area (Å²) in [6.07, 6.45) is -3.61. The number of Topliss-reactive ketones (excluding diaryl/α,β-unsaturated/α-hetero) is 1. The van der Waals surface area contributed by atoms with Gasteiger partial charge < -0.3 is 10.6 Å². The number of nitrogens with zero attached hydrogens (tertiary/aromatic N) is 2. The first-order chi connectivity index (χ1) is 15.0. The second-order valence-electron chi connectivity index (χ2n) is 8.86. The fourth-order valence-corrected chi connectivity index (χ4v) is 3.88. The van der Waals surface area contributed by atoms with Crippen LogP contribution < -0.4 is 10.6 Å². The molecule has 4 rings (SSSR count). The summed E-state index contributed by atoms with van der Waals surface area (Å²) in [6, 6.07) is 12.5. The highest BCUT2D eigenvalue weighted by molar-refractivity contribution is 6.03. The van der Waals surface area contributed by atoms with Crippen LogP contribution in [0, 0.1) is 12.3 Å². The van der Waals surface area contributed by atoms with Crippen LogP contribution in [-0.4, -0.2) is 15.8 Å². The number of fused-ring (bicyclic) bond motifs is 1. The van der Waals surface area contributed by atoms with Gasteiger partial charge in [-0.15, -0.1) is 0 Å². The molecule has 0 aliphatic heterocycles. The fraction of sp³-hybridized carbons (Fsp3) is 0.292. The zero-order chi connectivity index (χ0) is 23.1. The van der Waals surface area contributed by atoms with E-state index in [1.54, 1.807) is 0 Å². The number of benzene rings is 2. The summed E-state index contributed by atoms with van der Waals surface area (Å²) in [5.74, 6) is 0.340. The molecule has 5 nitrogen and oxygen atoms in total. The fourth-order valence-electron chi connectivity index (χ4n) is 3.88. The molecule has 32 heavy (non-hydrogen) atoms. The van der Waals surface area contributed by atoms with E-state index < -0.39 is 11.7 Å². The maximum Gasteiger partial charge on any atom is 0.416 e. The highest BCUT2D eigenvalue weighted by Gasteiger charge is 2.35. The minimum atomic E-state index is -4.47. The lowest BCUT2D eigenvalue weighted by atomic mass is 9.75. The average molecular weight is 440 g/mol. The molecule has 0 unspecified atom stereocenters. The molecule has 2 aromatic carbocycles. The minimum Gasteiger partial charge on any atom is -0.339 e. The van der Waals surface area contributed by atoms with Gasteiger partial charge in [0.25, 0.3) is 0 Å². The summed E-state index contributed by atoms with van der Waals surface area (Å²) < 4.78 is 39.4. The van der Waals surface area contributed by atoms with Crippen molar-refractivity contribution in [2.75, 3.05) is 10.6 Å². The Bertz CT molecular complexity index is 1190. The Morgan fingerprint density at radius 3 is 2.31 bits per heavy atom. The molecule has 1 aliphatic rings. The first-order valence-corrected chi connectivity index (χ1v) is 10.2. The van der Waals surface area contributed by atoms with Crippen LogP contribution >= 0.6 is 0 Å². The lowest BCUT2D eigenvalue weighted by Gasteiger charge is -2.30. The number of halogens is 3. The number of alkyl halides is 3. The molecule has 0 saturated carbocycles. The molecular formula is C24H23F3N4O. The van der Waals surface area contributed by atoms with Gasteiger partial charge in [0, 0.05) is 17.8 Å². The molecule has 0 bridgehead atoms. The maximum atomic E-state index is 13.1. The Morgan fingerprint density at radius 2 is 1.62 bits per heavy atom. The average Bonchev–Trinajstić information content (AvgIpc) is 2.66. The van der Waals surface area contributed by atoms with Crippen LogP contribution in [0.5, 0.6) is 0 Å². The van der Waals surface area contributed by atoms with E-state index in [1.165, 1.54) is 12.1 Å². The monoisotopic (exact) mass is 440 g/mol. The van der Waals surface area contributed by atoms with E-state index in [-0.39, 0.29) is 28.7 Å². The number of nitrogens with one attached hydrogen (secondary N) is 2. The highest BCUT2D eigenvalue weighted by Crippen LogP contribution is 2.38. The van der Waals surface area contributed by atoms with Crippen molar-refractivity contribution in [3.63, 3.8) is 0 Å². The molecule has 0 spiro atoms. The molecule has 0 atom stereocenters. The molecule has 1 aliphatic carbocycles. The van der Waals surface area contributed by atoms with Crippen molar-refractivity contribution in [1.82, 2.24) is 9.97 Å². The van der Waals surface area contributed by atoms with Gasteiger partial charge in [-0.25, -0.2) is 4.98 Å².